The van der Waals surface area contributed by atoms with E-state index < -0.39 is 0 Å². The van der Waals surface area contributed by atoms with E-state index >= 15 is 0 Å². The Morgan fingerprint density at radius 2 is 1.86 bits per heavy atom. The molecule has 0 N–H and O–H groups in total. The first-order valence-corrected chi connectivity index (χ1v) is 8.33. The molecule has 0 unspecified atom stereocenters. The van der Waals surface area contributed by atoms with Crippen LogP contribution in [0.2, 0.25) is 0 Å². The number of hydrogen-bond donors (Lipinski definition) is 0. The molecule has 2 aromatic carbocycles. The van der Waals surface area contributed by atoms with Crippen LogP contribution in [-0.2, 0) is 6.42 Å². The van der Waals surface area contributed by atoms with Gasteiger partial charge in [0, 0.05) is 17.7 Å². The van der Waals surface area contributed by atoms with Crippen molar-refractivity contribution in [1.29, 1.82) is 5.26 Å². The van der Waals surface area contributed by atoms with E-state index in [4.69, 9.17) is 10.00 Å². The topological polar surface area (TPSA) is 45.4 Å². The van der Waals surface area contributed by atoms with Gasteiger partial charge in [0.25, 0.3) is 0 Å². The highest BCUT2D eigenvalue weighted by molar-refractivity contribution is 8.00. The fourth-order valence-electron chi connectivity index (χ4n) is 2.05. The Morgan fingerprint density at radius 3 is 2.45 bits per heavy atom. The lowest BCUT2D eigenvalue weighted by Gasteiger charge is -2.25. The molecule has 1 aliphatic heterocycles. The highest BCUT2D eigenvalue weighted by Gasteiger charge is 2.19. The first-order valence-electron chi connectivity index (χ1n) is 7.18. The SMILES string of the molecule is N#CCc1ccc(N=Cc2ccc(OC3CSC3)cc2)cc1. The van der Waals surface area contributed by atoms with Gasteiger partial charge in [-0.05, 0) is 47.5 Å². The molecule has 0 aromatic heterocycles. The summed E-state index contributed by atoms with van der Waals surface area (Å²) in [6, 6.07) is 17.8. The third-order valence-electron chi connectivity index (χ3n) is 3.37. The summed E-state index contributed by atoms with van der Waals surface area (Å²) in [6.45, 7) is 0. The molecule has 2 aromatic rings. The number of benzene rings is 2. The smallest absolute Gasteiger partial charge is 0.119 e. The molecule has 22 heavy (non-hydrogen) atoms. The molecule has 1 saturated heterocycles. The molecule has 0 spiro atoms. The molecule has 4 heteroatoms. The van der Waals surface area contributed by atoms with Crippen LogP contribution in [-0.4, -0.2) is 23.8 Å². The van der Waals surface area contributed by atoms with Gasteiger partial charge in [-0.15, -0.1) is 0 Å². The van der Waals surface area contributed by atoms with E-state index in [0.29, 0.717) is 12.5 Å². The summed E-state index contributed by atoms with van der Waals surface area (Å²) >= 11 is 1.91. The minimum atomic E-state index is 0.372. The van der Waals surface area contributed by atoms with Crippen LogP contribution >= 0.6 is 11.8 Å². The quantitative estimate of drug-likeness (QED) is 0.784. The fraction of sp³-hybridized carbons (Fsp3) is 0.222. The maximum Gasteiger partial charge on any atom is 0.119 e. The number of aliphatic imine (C=N–C) groups is 1. The molecule has 0 bridgehead atoms. The van der Waals surface area contributed by atoms with E-state index in [2.05, 4.69) is 11.1 Å². The van der Waals surface area contributed by atoms with Crippen molar-refractivity contribution < 1.29 is 4.74 Å². The maximum atomic E-state index is 8.65. The van der Waals surface area contributed by atoms with Crippen LogP contribution in [0, 0.1) is 11.3 Å². The molecule has 0 amide bonds. The van der Waals surface area contributed by atoms with Gasteiger partial charge in [0.15, 0.2) is 0 Å². The van der Waals surface area contributed by atoms with Crippen LogP contribution in [0.5, 0.6) is 5.75 Å². The lowest BCUT2D eigenvalue weighted by atomic mass is 10.1. The lowest BCUT2D eigenvalue weighted by Crippen LogP contribution is -2.30. The van der Waals surface area contributed by atoms with Gasteiger partial charge in [-0.3, -0.25) is 4.99 Å². The highest BCUT2D eigenvalue weighted by atomic mass is 32.2. The van der Waals surface area contributed by atoms with Crippen LogP contribution in [0.15, 0.2) is 53.5 Å². The number of ether oxygens (including phenoxy) is 1. The zero-order chi connectivity index (χ0) is 15.2. The van der Waals surface area contributed by atoms with Crippen molar-refractivity contribution in [3.63, 3.8) is 0 Å². The molecule has 0 saturated carbocycles. The number of nitrogens with zero attached hydrogens (tertiary/aromatic N) is 2. The van der Waals surface area contributed by atoms with Crippen LogP contribution in [0.25, 0.3) is 0 Å². The Morgan fingerprint density at radius 1 is 1.14 bits per heavy atom. The molecular formula is C18H16N2OS. The monoisotopic (exact) mass is 308 g/mol. The van der Waals surface area contributed by atoms with Crippen molar-refractivity contribution >= 4 is 23.7 Å². The fourth-order valence-corrected chi connectivity index (χ4v) is 2.61. The summed E-state index contributed by atoms with van der Waals surface area (Å²) in [5, 5.41) is 8.65. The summed E-state index contributed by atoms with van der Waals surface area (Å²) < 4.78 is 5.81. The van der Waals surface area contributed by atoms with E-state index in [1.54, 1.807) is 0 Å². The first-order chi connectivity index (χ1) is 10.8. The molecule has 3 nitrogen and oxygen atoms in total. The Labute approximate surface area is 134 Å². The number of hydrogen-bond acceptors (Lipinski definition) is 4. The van der Waals surface area contributed by atoms with Crippen LogP contribution < -0.4 is 4.74 Å². The van der Waals surface area contributed by atoms with Crippen molar-refractivity contribution in [2.75, 3.05) is 11.5 Å². The van der Waals surface area contributed by atoms with Crippen LogP contribution in [0.3, 0.4) is 0 Å². The molecule has 0 radical (unpaired) electrons. The van der Waals surface area contributed by atoms with E-state index in [1.165, 1.54) is 0 Å². The number of rotatable bonds is 5. The Balaban J connectivity index is 1.60. The van der Waals surface area contributed by atoms with Gasteiger partial charge in [-0.2, -0.15) is 17.0 Å². The van der Waals surface area contributed by atoms with Gasteiger partial charge in [0.1, 0.15) is 11.9 Å². The molecule has 1 aliphatic rings. The Bertz CT molecular complexity index is 683. The number of nitriles is 1. The van der Waals surface area contributed by atoms with Crippen LogP contribution in [0.4, 0.5) is 5.69 Å². The van der Waals surface area contributed by atoms with E-state index in [-0.39, 0.29) is 0 Å². The molecule has 0 atom stereocenters. The van der Waals surface area contributed by atoms with E-state index in [9.17, 15) is 0 Å². The summed E-state index contributed by atoms with van der Waals surface area (Å²) in [7, 11) is 0. The predicted molar refractivity (Wildman–Crippen MR) is 91.2 cm³/mol. The molecule has 110 valence electrons. The molecule has 0 aliphatic carbocycles. The summed E-state index contributed by atoms with van der Waals surface area (Å²) in [5.74, 6) is 3.10. The largest absolute Gasteiger partial charge is 0.489 e. The Kier molecular flexibility index (Phi) is 4.77. The van der Waals surface area contributed by atoms with Gasteiger partial charge in [-0.25, -0.2) is 0 Å². The van der Waals surface area contributed by atoms with Gasteiger partial charge in [-0.1, -0.05) is 12.1 Å². The van der Waals surface area contributed by atoms with Gasteiger partial charge in [0.05, 0.1) is 18.2 Å². The highest BCUT2D eigenvalue weighted by Crippen LogP contribution is 2.24. The Hall–Kier alpha value is -2.25. The molecule has 1 fully saturated rings. The second kappa shape index (κ2) is 7.15. The number of thioether (sulfide) groups is 1. The first kappa shape index (κ1) is 14.7. The standard InChI is InChI=1S/C18H16N2OS/c19-10-9-14-1-5-16(6-2-14)20-11-15-3-7-17(8-4-15)21-18-12-22-13-18/h1-8,11,18H,9,12-13H2. The van der Waals surface area contributed by atoms with E-state index in [0.717, 1.165) is 34.1 Å². The second-order valence-corrected chi connectivity index (χ2v) is 6.18. The van der Waals surface area contributed by atoms with Crippen molar-refractivity contribution in [3.05, 3.63) is 59.7 Å². The average Bonchev–Trinajstić information content (AvgIpc) is 2.52. The van der Waals surface area contributed by atoms with Crippen molar-refractivity contribution in [2.24, 2.45) is 4.99 Å². The van der Waals surface area contributed by atoms with E-state index in [1.807, 2.05) is 66.5 Å². The van der Waals surface area contributed by atoms with Crippen LogP contribution in [0.1, 0.15) is 11.1 Å². The zero-order valence-corrected chi connectivity index (χ0v) is 12.9. The maximum absolute atomic E-state index is 8.65. The average molecular weight is 308 g/mol. The second-order valence-electron chi connectivity index (χ2n) is 5.11. The summed E-state index contributed by atoms with van der Waals surface area (Å²) in [5.41, 5.74) is 2.93. The minimum absolute atomic E-state index is 0.372. The van der Waals surface area contributed by atoms with Crippen molar-refractivity contribution in [2.45, 2.75) is 12.5 Å². The van der Waals surface area contributed by atoms with Crippen molar-refractivity contribution in [1.82, 2.24) is 0 Å². The predicted octanol–water partition coefficient (Wildman–Crippen LogP) is 4.00. The normalized spacial score (nSPS) is 14.5. The molecule has 3 rings (SSSR count). The minimum Gasteiger partial charge on any atom is -0.489 e. The molecular weight excluding hydrogens is 292 g/mol. The summed E-state index contributed by atoms with van der Waals surface area (Å²) in [4.78, 5) is 4.44. The zero-order valence-electron chi connectivity index (χ0n) is 12.1. The van der Waals surface area contributed by atoms with Gasteiger partial charge in [0.2, 0.25) is 0 Å². The molecule has 1 heterocycles. The van der Waals surface area contributed by atoms with Gasteiger partial charge < -0.3 is 4.74 Å². The summed E-state index contributed by atoms with van der Waals surface area (Å²) in [6.07, 6.45) is 2.64. The third kappa shape index (κ3) is 3.90. The lowest BCUT2D eigenvalue weighted by molar-refractivity contribution is 0.240. The third-order valence-corrected chi connectivity index (χ3v) is 4.59. The van der Waals surface area contributed by atoms with Gasteiger partial charge >= 0.3 is 0 Å². The van der Waals surface area contributed by atoms with Crippen molar-refractivity contribution in [3.8, 4) is 11.8 Å².